The Bertz CT molecular complexity index is 506. The largest absolute Gasteiger partial charge is 0.489 e. The van der Waals surface area contributed by atoms with E-state index < -0.39 is 0 Å². The van der Waals surface area contributed by atoms with Crippen LogP contribution in [0.3, 0.4) is 0 Å². The number of ether oxygens (including phenoxy) is 1. The molecule has 0 spiro atoms. The van der Waals surface area contributed by atoms with Gasteiger partial charge in [-0.3, -0.25) is 0 Å². The van der Waals surface area contributed by atoms with Gasteiger partial charge in [-0.1, -0.05) is 67.0 Å². The average molecular weight is 400 g/mol. The predicted molar refractivity (Wildman–Crippen MR) is 93.9 cm³/mol. The summed E-state index contributed by atoms with van der Waals surface area (Å²) in [5, 5.41) is 0. The summed E-state index contributed by atoms with van der Waals surface area (Å²) in [5.41, 5.74) is 0.987. The highest BCUT2D eigenvalue weighted by atomic mass is 127. The molecule has 114 valence electrons. The van der Waals surface area contributed by atoms with E-state index in [1.54, 1.807) is 12.1 Å². The van der Waals surface area contributed by atoms with Crippen LogP contribution in [-0.2, 0) is 11.3 Å². The molecule has 0 radical (unpaired) electrons. The molecule has 0 aliphatic heterocycles. The lowest BCUT2D eigenvalue weighted by atomic mass is 9.94. The smallest absolute Gasteiger partial charge is 0.123 e. The van der Waals surface area contributed by atoms with Gasteiger partial charge in [0.2, 0.25) is 0 Å². The Labute approximate surface area is 140 Å². The topological polar surface area (TPSA) is 9.23 Å². The van der Waals surface area contributed by atoms with Crippen molar-refractivity contribution in [1.82, 2.24) is 0 Å². The van der Waals surface area contributed by atoms with Crippen molar-refractivity contribution in [2.45, 2.75) is 49.1 Å². The summed E-state index contributed by atoms with van der Waals surface area (Å²) in [4.78, 5) is 0. The third-order valence-electron chi connectivity index (χ3n) is 3.65. The van der Waals surface area contributed by atoms with Crippen LogP contribution in [0.2, 0.25) is 0 Å². The van der Waals surface area contributed by atoms with E-state index >= 15 is 0 Å². The van der Waals surface area contributed by atoms with Crippen LogP contribution in [0.1, 0.15) is 44.6 Å². The molecule has 21 heavy (non-hydrogen) atoms. The molecule has 1 aliphatic rings. The summed E-state index contributed by atoms with van der Waals surface area (Å²) in [6.07, 6.45) is 12.5. The number of unbranched alkanes of at least 4 members (excludes halogenated alkanes) is 2. The quantitative estimate of drug-likeness (QED) is 0.313. The molecule has 1 aromatic rings. The lowest BCUT2D eigenvalue weighted by Crippen LogP contribution is -2.19. The lowest BCUT2D eigenvalue weighted by Gasteiger charge is -2.26. The van der Waals surface area contributed by atoms with Crippen molar-refractivity contribution in [3.8, 4) is 0 Å². The second-order valence-corrected chi connectivity index (χ2v) is 7.71. The summed E-state index contributed by atoms with van der Waals surface area (Å²) in [5.74, 6) is 0.717. The van der Waals surface area contributed by atoms with Crippen LogP contribution < -0.4 is 0 Å². The van der Waals surface area contributed by atoms with E-state index in [0.29, 0.717) is 6.61 Å². The highest BCUT2D eigenvalue weighted by Crippen LogP contribution is 2.36. The maximum atomic E-state index is 12.9. The lowest BCUT2D eigenvalue weighted by molar-refractivity contribution is 0.207. The summed E-state index contributed by atoms with van der Waals surface area (Å²) in [6.45, 7) is 2.71. The molecule has 0 N–H and O–H groups in total. The van der Waals surface area contributed by atoms with E-state index in [-0.39, 0.29) is 9.24 Å². The zero-order chi connectivity index (χ0) is 15.1. The molecule has 0 fully saturated rings. The van der Waals surface area contributed by atoms with Gasteiger partial charge in [0.05, 0.1) is 0 Å². The van der Waals surface area contributed by atoms with Gasteiger partial charge >= 0.3 is 0 Å². The monoisotopic (exact) mass is 400 g/mol. The normalized spacial score (nSPS) is 21.2. The van der Waals surface area contributed by atoms with Crippen LogP contribution in [0.5, 0.6) is 0 Å². The van der Waals surface area contributed by atoms with E-state index in [0.717, 1.165) is 17.7 Å². The second-order valence-electron chi connectivity index (χ2n) is 5.56. The Balaban J connectivity index is 1.91. The molecule has 1 unspecified atom stereocenters. The number of hydrogen-bond donors (Lipinski definition) is 0. The minimum Gasteiger partial charge on any atom is -0.489 e. The summed E-state index contributed by atoms with van der Waals surface area (Å²) >= 11 is 2.55. The first-order valence-electron chi connectivity index (χ1n) is 7.57. The fourth-order valence-electron chi connectivity index (χ4n) is 2.41. The number of rotatable bonds is 7. The van der Waals surface area contributed by atoms with E-state index in [4.69, 9.17) is 4.74 Å². The molecule has 0 bridgehead atoms. The van der Waals surface area contributed by atoms with E-state index in [1.807, 2.05) is 6.08 Å². The molecule has 3 heteroatoms. The number of halogens is 2. The molecule has 0 amide bonds. The van der Waals surface area contributed by atoms with Crippen molar-refractivity contribution < 1.29 is 9.13 Å². The van der Waals surface area contributed by atoms with Crippen LogP contribution >= 0.6 is 22.6 Å². The van der Waals surface area contributed by atoms with Crippen molar-refractivity contribution in [2.24, 2.45) is 0 Å². The van der Waals surface area contributed by atoms with Crippen molar-refractivity contribution in [1.29, 1.82) is 0 Å². The SMILES string of the molecule is CCCCCC1(I)C=C(OCc2ccc(F)cc2)C=CC1. The van der Waals surface area contributed by atoms with Gasteiger partial charge in [0.1, 0.15) is 18.2 Å². The van der Waals surface area contributed by atoms with Gasteiger partial charge in [0.25, 0.3) is 0 Å². The predicted octanol–water partition coefficient (Wildman–Crippen LogP) is 5.94. The Kier molecular flexibility index (Phi) is 6.27. The molecular formula is C18H22FIO. The maximum absolute atomic E-state index is 12.9. The molecule has 2 rings (SSSR count). The van der Waals surface area contributed by atoms with Gasteiger partial charge < -0.3 is 4.74 Å². The Hall–Kier alpha value is -0.840. The zero-order valence-corrected chi connectivity index (χ0v) is 14.6. The Morgan fingerprint density at radius 2 is 2.00 bits per heavy atom. The third kappa shape index (κ3) is 5.46. The molecule has 0 aromatic heterocycles. The van der Waals surface area contributed by atoms with E-state index in [9.17, 15) is 4.39 Å². The maximum Gasteiger partial charge on any atom is 0.123 e. The van der Waals surface area contributed by atoms with Gasteiger partial charge in [-0.05, 0) is 42.7 Å². The van der Waals surface area contributed by atoms with Crippen LogP contribution in [-0.4, -0.2) is 3.42 Å². The van der Waals surface area contributed by atoms with Crippen LogP contribution in [0, 0.1) is 5.82 Å². The van der Waals surface area contributed by atoms with Gasteiger partial charge in [-0.15, -0.1) is 0 Å². The van der Waals surface area contributed by atoms with Gasteiger partial charge in [-0.25, -0.2) is 4.39 Å². The van der Waals surface area contributed by atoms with E-state index in [1.165, 1.54) is 37.8 Å². The molecule has 1 nitrogen and oxygen atoms in total. The number of benzene rings is 1. The van der Waals surface area contributed by atoms with Crippen LogP contribution in [0.15, 0.2) is 48.3 Å². The molecule has 1 atom stereocenters. The molecule has 0 saturated carbocycles. The van der Waals surface area contributed by atoms with Crippen molar-refractivity contribution in [3.05, 3.63) is 59.6 Å². The molecular weight excluding hydrogens is 378 g/mol. The minimum absolute atomic E-state index is 0.180. The standard InChI is InChI=1S/C18H22FIO/c1-2-3-4-11-18(20)12-5-6-17(13-18)21-14-15-7-9-16(19)10-8-15/h5-10,13H,2-4,11-12,14H2,1H3. The summed E-state index contributed by atoms with van der Waals surface area (Å²) in [6, 6.07) is 6.47. The molecule has 0 heterocycles. The highest BCUT2D eigenvalue weighted by molar-refractivity contribution is 14.1. The van der Waals surface area contributed by atoms with Crippen LogP contribution in [0.25, 0.3) is 0 Å². The van der Waals surface area contributed by atoms with Gasteiger partial charge in [0, 0.05) is 3.42 Å². The number of alkyl halides is 1. The second kappa shape index (κ2) is 7.97. The fourth-order valence-corrected chi connectivity index (χ4v) is 3.36. The summed E-state index contributed by atoms with van der Waals surface area (Å²) < 4.78 is 18.9. The first kappa shape index (κ1) is 16.5. The minimum atomic E-state index is -0.210. The van der Waals surface area contributed by atoms with E-state index in [2.05, 4.69) is 41.7 Å². The Morgan fingerprint density at radius 3 is 2.71 bits per heavy atom. The third-order valence-corrected chi connectivity index (χ3v) is 4.95. The number of allylic oxidation sites excluding steroid dienone is 3. The van der Waals surface area contributed by atoms with Crippen molar-refractivity contribution in [3.63, 3.8) is 0 Å². The molecule has 0 saturated heterocycles. The first-order chi connectivity index (χ1) is 10.1. The summed E-state index contributed by atoms with van der Waals surface area (Å²) in [7, 11) is 0. The first-order valence-corrected chi connectivity index (χ1v) is 8.65. The van der Waals surface area contributed by atoms with Crippen molar-refractivity contribution in [2.75, 3.05) is 0 Å². The molecule has 1 aromatic carbocycles. The molecule has 1 aliphatic carbocycles. The highest BCUT2D eigenvalue weighted by Gasteiger charge is 2.25. The van der Waals surface area contributed by atoms with Gasteiger partial charge in [-0.2, -0.15) is 0 Å². The zero-order valence-electron chi connectivity index (χ0n) is 12.4. The van der Waals surface area contributed by atoms with Crippen LogP contribution in [0.4, 0.5) is 4.39 Å². The average Bonchev–Trinajstić information content (AvgIpc) is 2.47. The number of hydrogen-bond acceptors (Lipinski definition) is 1. The fraction of sp³-hybridized carbons (Fsp3) is 0.444. The Morgan fingerprint density at radius 1 is 1.24 bits per heavy atom. The van der Waals surface area contributed by atoms with Crippen molar-refractivity contribution >= 4 is 22.6 Å². The van der Waals surface area contributed by atoms with Gasteiger partial charge in [0.15, 0.2) is 0 Å².